The Kier molecular flexibility index (Phi) is 5.89. The molecule has 2 aromatic rings. The van der Waals surface area contributed by atoms with Crippen LogP contribution in [0.15, 0.2) is 42.5 Å². The highest BCUT2D eigenvalue weighted by Crippen LogP contribution is 2.16. The van der Waals surface area contributed by atoms with E-state index < -0.39 is 24.5 Å². The Morgan fingerprint density at radius 2 is 1.60 bits per heavy atom. The molecule has 0 aromatic heterocycles. The van der Waals surface area contributed by atoms with E-state index >= 15 is 0 Å². The first kappa shape index (κ1) is 18.2. The SMILES string of the molecule is COC(=O)c1ccccc1NC(=O)COC(=O)c1cc(C)cc(C)c1. The normalized spacial score (nSPS) is 10.0. The molecule has 0 spiro atoms. The van der Waals surface area contributed by atoms with Gasteiger partial charge >= 0.3 is 11.9 Å². The number of amides is 1. The number of carbonyl (C=O) groups excluding carboxylic acids is 3. The third-order valence-corrected chi connectivity index (χ3v) is 3.40. The van der Waals surface area contributed by atoms with E-state index in [0.717, 1.165) is 11.1 Å². The molecule has 0 aliphatic rings. The van der Waals surface area contributed by atoms with E-state index in [2.05, 4.69) is 10.1 Å². The lowest BCUT2D eigenvalue weighted by atomic mass is 10.1. The van der Waals surface area contributed by atoms with Gasteiger partial charge in [0.1, 0.15) is 0 Å². The number of ether oxygens (including phenoxy) is 2. The second-order valence-electron chi connectivity index (χ2n) is 5.54. The second kappa shape index (κ2) is 8.10. The van der Waals surface area contributed by atoms with Crippen molar-refractivity contribution >= 4 is 23.5 Å². The molecule has 1 N–H and O–H groups in total. The lowest BCUT2D eigenvalue weighted by molar-refractivity contribution is -0.119. The van der Waals surface area contributed by atoms with Crippen molar-refractivity contribution in [3.63, 3.8) is 0 Å². The number of hydrogen-bond donors (Lipinski definition) is 1. The number of benzene rings is 2. The molecule has 0 atom stereocenters. The van der Waals surface area contributed by atoms with Gasteiger partial charge in [-0.2, -0.15) is 0 Å². The Bertz CT molecular complexity index is 793. The van der Waals surface area contributed by atoms with Crippen LogP contribution in [0.25, 0.3) is 0 Å². The Labute approximate surface area is 145 Å². The van der Waals surface area contributed by atoms with Gasteiger partial charge in [0.2, 0.25) is 0 Å². The molecule has 130 valence electrons. The van der Waals surface area contributed by atoms with Crippen LogP contribution in [0.1, 0.15) is 31.8 Å². The van der Waals surface area contributed by atoms with E-state index in [0.29, 0.717) is 11.3 Å². The van der Waals surface area contributed by atoms with Crippen LogP contribution in [-0.2, 0) is 14.3 Å². The first-order valence-electron chi connectivity index (χ1n) is 7.63. The minimum Gasteiger partial charge on any atom is -0.465 e. The summed E-state index contributed by atoms with van der Waals surface area (Å²) in [5, 5.41) is 2.54. The van der Waals surface area contributed by atoms with Crippen molar-refractivity contribution in [2.75, 3.05) is 19.0 Å². The van der Waals surface area contributed by atoms with Crippen molar-refractivity contribution in [1.29, 1.82) is 0 Å². The molecule has 0 bridgehead atoms. The zero-order valence-electron chi connectivity index (χ0n) is 14.3. The van der Waals surface area contributed by atoms with Crippen LogP contribution >= 0.6 is 0 Å². The maximum atomic E-state index is 12.1. The molecule has 0 radical (unpaired) electrons. The minimum atomic E-state index is -0.580. The van der Waals surface area contributed by atoms with E-state index in [4.69, 9.17) is 4.74 Å². The van der Waals surface area contributed by atoms with Gasteiger partial charge in [0, 0.05) is 0 Å². The van der Waals surface area contributed by atoms with E-state index in [9.17, 15) is 14.4 Å². The van der Waals surface area contributed by atoms with Crippen molar-refractivity contribution < 1.29 is 23.9 Å². The van der Waals surface area contributed by atoms with Crippen molar-refractivity contribution in [3.05, 3.63) is 64.7 Å². The number of rotatable bonds is 5. The van der Waals surface area contributed by atoms with Crippen LogP contribution in [-0.4, -0.2) is 31.6 Å². The van der Waals surface area contributed by atoms with E-state index in [1.807, 2.05) is 19.9 Å². The summed E-state index contributed by atoms with van der Waals surface area (Å²) in [5.74, 6) is -1.69. The zero-order chi connectivity index (χ0) is 18.4. The van der Waals surface area contributed by atoms with E-state index in [1.165, 1.54) is 13.2 Å². The third-order valence-electron chi connectivity index (χ3n) is 3.40. The summed E-state index contributed by atoms with van der Waals surface area (Å²) < 4.78 is 9.69. The molecule has 25 heavy (non-hydrogen) atoms. The minimum absolute atomic E-state index is 0.221. The highest BCUT2D eigenvalue weighted by atomic mass is 16.5. The summed E-state index contributed by atoms with van der Waals surface area (Å²) in [5.41, 5.74) is 2.77. The van der Waals surface area contributed by atoms with Crippen molar-refractivity contribution in [2.45, 2.75) is 13.8 Å². The van der Waals surface area contributed by atoms with Gasteiger partial charge in [-0.25, -0.2) is 9.59 Å². The topological polar surface area (TPSA) is 81.7 Å². The molecular weight excluding hydrogens is 322 g/mol. The quantitative estimate of drug-likeness (QED) is 0.846. The molecule has 6 heteroatoms. The van der Waals surface area contributed by atoms with Gasteiger partial charge in [-0.3, -0.25) is 4.79 Å². The summed E-state index contributed by atoms with van der Waals surface area (Å²) in [6.45, 7) is 3.29. The average molecular weight is 341 g/mol. The molecule has 0 saturated carbocycles. The lowest BCUT2D eigenvalue weighted by Gasteiger charge is -2.10. The van der Waals surface area contributed by atoms with Gasteiger partial charge in [0.05, 0.1) is 23.9 Å². The molecule has 0 saturated heterocycles. The number of aryl methyl sites for hydroxylation is 2. The molecule has 6 nitrogen and oxygen atoms in total. The number of carbonyl (C=O) groups is 3. The molecule has 1 amide bonds. The first-order chi connectivity index (χ1) is 11.9. The van der Waals surface area contributed by atoms with Gasteiger partial charge in [-0.05, 0) is 38.1 Å². The zero-order valence-corrected chi connectivity index (χ0v) is 14.3. The number of hydrogen-bond acceptors (Lipinski definition) is 5. The van der Waals surface area contributed by atoms with Gasteiger partial charge in [0.15, 0.2) is 6.61 Å². The van der Waals surface area contributed by atoms with Crippen LogP contribution in [0.5, 0.6) is 0 Å². The predicted octanol–water partition coefficient (Wildman–Crippen LogP) is 2.89. The Morgan fingerprint density at radius 3 is 2.24 bits per heavy atom. The lowest BCUT2D eigenvalue weighted by Crippen LogP contribution is -2.22. The number of para-hydroxylation sites is 1. The Balaban J connectivity index is 1.99. The Hall–Kier alpha value is -3.15. The van der Waals surface area contributed by atoms with Gasteiger partial charge in [0.25, 0.3) is 5.91 Å². The van der Waals surface area contributed by atoms with Crippen LogP contribution < -0.4 is 5.32 Å². The fraction of sp³-hybridized carbons (Fsp3) is 0.211. The van der Waals surface area contributed by atoms with Gasteiger partial charge in [-0.1, -0.05) is 29.3 Å². The van der Waals surface area contributed by atoms with Crippen LogP contribution in [0.3, 0.4) is 0 Å². The summed E-state index contributed by atoms with van der Waals surface area (Å²) in [6, 6.07) is 11.7. The van der Waals surface area contributed by atoms with Gasteiger partial charge < -0.3 is 14.8 Å². The molecule has 0 aliphatic carbocycles. The monoisotopic (exact) mass is 341 g/mol. The summed E-state index contributed by atoms with van der Waals surface area (Å²) in [7, 11) is 1.26. The predicted molar refractivity (Wildman–Crippen MR) is 92.6 cm³/mol. The maximum absolute atomic E-state index is 12.1. The summed E-state index contributed by atoms with van der Waals surface area (Å²) in [6.07, 6.45) is 0. The second-order valence-corrected chi connectivity index (χ2v) is 5.54. The fourth-order valence-electron chi connectivity index (χ4n) is 2.37. The molecule has 0 fully saturated rings. The number of methoxy groups -OCH3 is 1. The largest absolute Gasteiger partial charge is 0.465 e. The first-order valence-corrected chi connectivity index (χ1v) is 7.63. The fourth-order valence-corrected chi connectivity index (χ4v) is 2.37. The van der Waals surface area contributed by atoms with Crippen LogP contribution in [0.4, 0.5) is 5.69 Å². The standard InChI is InChI=1S/C19H19NO5/c1-12-8-13(2)10-14(9-12)18(22)25-11-17(21)20-16-7-5-4-6-15(16)19(23)24-3/h4-10H,11H2,1-3H3,(H,20,21). The molecule has 2 aromatic carbocycles. The van der Waals surface area contributed by atoms with Crippen molar-refractivity contribution in [3.8, 4) is 0 Å². The molecule has 0 heterocycles. The number of nitrogens with one attached hydrogen (secondary N) is 1. The smallest absolute Gasteiger partial charge is 0.339 e. The maximum Gasteiger partial charge on any atom is 0.339 e. The van der Waals surface area contributed by atoms with Crippen molar-refractivity contribution in [2.24, 2.45) is 0 Å². The van der Waals surface area contributed by atoms with E-state index in [-0.39, 0.29) is 5.56 Å². The van der Waals surface area contributed by atoms with Crippen LogP contribution in [0.2, 0.25) is 0 Å². The summed E-state index contributed by atoms with van der Waals surface area (Å²) in [4.78, 5) is 35.7. The molecule has 0 unspecified atom stereocenters. The summed E-state index contributed by atoms with van der Waals surface area (Å²) >= 11 is 0. The molecular formula is C19H19NO5. The van der Waals surface area contributed by atoms with E-state index in [1.54, 1.807) is 30.3 Å². The van der Waals surface area contributed by atoms with Gasteiger partial charge in [-0.15, -0.1) is 0 Å². The highest BCUT2D eigenvalue weighted by molar-refractivity contribution is 6.02. The molecule has 0 aliphatic heterocycles. The van der Waals surface area contributed by atoms with Crippen molar-refractivity contribution in [1.82, 2.24) is 0 Å². The molecule has 2 rings (SSSR count). The number of anilines is 1. The highest BCUT2D eigenvalue weighted by Gasteiger charge is 2.15. The Morgan fingerprint density at radius 1 is 0.960 bits per heavy atom. The average Bonchev–Trinajstić information content (AvgIpc) is 2.58. The third kappa shape index (κ3) is 4.91. The van der Waals surface area contributed by atoms with Crippen LogP contribution in [0, 0.1) is 13.8 Å². The number of esters is 2.